The SMILES string of the molecule is NC[C@H]1CC12CCS(=O)(=O)CC2. The van der Waals surface area contributed by atoms with Gasteiger partial charge in [0.1, 0.15) is 9.84 Å². The minimum atomic E-state index is -2.69. The molecular formula is C8H15NO2S. The fraction of sp³-hybridized carbons (Fsp3) is 1.00. The van der Waals surface area contributed by atoms with Crippen molar-refractivity contribution >= 4 is 9.84 Å². The lowest BCUT2D eigenvalue weighted by molar-refractivity contribution is 0.406. The molecule has 0 radical (unpaired) electrons. The van der Waals surface area contributed by atoms with E-state index in [9.17, 15) is 8.42 Å². The van der Waals surface area contributed by atoms with E-state index in [1.165, 1.54) is 6.42 Å². The summed E-state index contributed by atoms with van der Waals surface area (Å²) < 4.78 is 22.3. The Labute approximate surface area is 73.2 Å². The summed E-state index contributed by atoms with van der Waals surface area (Å²) in [6.07, 6.45) is 2.88. The van der Waals surface area contributed by atoms with Gasteiger partial charge in [-0.2, -0.15) is 0 Å². The fourth-order valence-electron chi connectivity index (χ4n) is 2.32. The molecule has 0 amide bonds. The molecule has 1 saturated carbocycles. The Morgan fingerprint density at radius 1 is 1.33 bits per heavy atom. The first-order valence-electron chi connectivity index (χ1n) is 4.48. The van der Waals surface area contributed by atoms with Gasteiger partial charge in [0, 0.05) is 0 Å². The van der Waals surface area contributed by atoms with E-state index in [-0.39, 0.29) is 0 Å². The Bertz CT molecular complexity index is 269. The molecule has 0 aromatic carbocycles. The van der Waals surface area contributed by atoms with Crippen molar-refractivity contribution in [3.05, 3.63) is 0 Å². The first kappa shape index (κ1) is 8.51. The normalized spacial score (nSPS) is 36.6. The third-order valence-electron chi connectivity index (χ3n) is 3.47. The summed E-state index contributed by atoms with van der Waals surface area (Å²) in [5.74, 6) is 1.40. The minimum absolute atomic E-state index is 0.347. The van der Waals surface area contributed by atoms with Crippen LogP contribution in [0.2, 0.25) is 0 Å². The largest absolute Gasteiger partial charge is 0.330 e. The van der Waals surface area contributed by atoms with Crippen LogP contribution < -0.4 is 5.73 Å². The average Bonchev–Trinajstić information content (AvgIpc) is 2.72. The number of rotatable bonds is 1. The average molecular weight is 189 g/mol. The molecule has 0 bridgehead atoms. The Morgan fingerprint density at radius 2 is 1.92 bits per heavy atom. The standard InChI is InChI=1S/C8H15NO2S/c9-6-7-5-8(7)1-3-12(10,11)4-2-8/h7H,1-6,9H2/t7-/m1/s1. The zero-order valence-electron chi connectivity index (χ0n) is 7.12. The van der Waals surface area contributed by atoms with Gasteiger partial charge >= 0.3 is 0 Å². The van der Waals surface area contributed by atoms with Crippen LogP contribution >= 0.6 is 0 Å². The molecule has 2 fully saturated rings. The molecule has 12 heavy (non-hydrogen) atoms. The lowest BCUT2D eigenvalue weighted by Gasteiger charge is -2.22. The van der Waals surface area contributed by atoms with E-state index in [4.69, 9.17) is 5.73 Å². The molecular weight excluding hydrogens is 174 g/mol. The summed E-state index contributed by atoms with van der Waals surface area (Å²) >= 11 is 0. The predicted molar refractivity (Wildman–Crippen MR) is 47.5 cm³/mol. The van der Waals surface area contributed by atoms with Crippen molar-refractivity contribution in [2.45, 2.75) is 19.3 Å². The topological polar surface area (TPSA) is 60.2 Å². The first-order valence-corrected chi connectivity index (χ1v) is 6.31. The number of hydrogen-bond donors (Lipinski definition) is 1. The van der Waals surface area contributed by atoms with Crippen molar-refractivity contribution in [2.24, 2.45) is 17.1 Å². The maximum atomic E-state index is 11.1. The maximum Gasteiger partial charge on any atom is 0.150 e. The molecule has 0 aromatic rings. The molecule has 0 unspecified atom stereocenters. The number of hydrogen-bond acceptors (Lipinski definition) is 3. The quantitative estimate of drug-likeness (QED) is 0.639. The molecule has 2 rings (SSSR count). The van der Waals surface area contributed by atoms with E-state index in [1.807, 2.05) is 0 Å². The molecule has 0 aromatic heterocycles. The highest BCUT2D eigenvalue weighted by atomic mass is 32.2. The number of sulfone groups is 1. The summed E-state index contributed by atoms with van der Waals surface area (Å²) in [4.78, 5) is 0. The van der Waals surface area contributed by atoms with Crippen LogP contribution in [0.3, 0.4) is 0 Å². The van der Waals surface area contributed by atoms with Crippen LogP contribution in [0.5, 0.6) is 0 Å². The Balaban J connectivity index is 2.01. The van der Waals surface area contributed by atoms with E-state index in [2.05, 4.69) is 0 Å². The predicted octanol–water partition coefficient (Wildman–Crippen LogP) is 0.160. The van der Waals surface area contributed by atoms with Crippen molar-refractivity contribution in [1.82, 2.24) is 0 Å². The zero-order valence-corrected chi connectivity index (χ0v) is 7.94. The Hall–Kier alpha value is -0.0900. The molecule has 1 heterocycles. The van der Waals surface area contributed by atoms with E-state index in [1.54, 1.807) is 0 Å². The molecule has 1 aliphatic carbocycles. The van der Waals surface area contributed by atoms with Crippen LogP contribution in [-0.2, 0) is 9.84 Å². The van der Waals surface area contributed by atoms with Crippen molar-refractivity contribution in [1.29, 1.82) is 0 Å². The Morgan fingerprint density at radius 3 is 2.33 bits per heavy atom. The van der Waals surface area contributed by atoms with Gasteiger partial charge in [0.25, 0.3) is 0 Å². The van der Waals surface area contributed by atoms with Gasteiger partial charge in [0.2, 0.25) is 0 Å². The highest BCUT2D eigenvalue weighted by Gasteiger charge is 2.54. The van der Waals surface area contributed by atoms with E-state index < -0.39 is 9.84 Å². The molecule has 2 N–H and O–H groups in total. The summed E-state index contributed by atoms with van der Waals surface area (Å²) in [6, 6.07) is 0. The van der Waals surface area contributed by atoms with Gasteiger partial charge in [-0.15, -0.1) is 0 Å². The smallest absolute Gasteiger partial charge is 0.150 e. The van der Waals surface area contributed by atoms with Crippen LogP contribution in [0.1, 0.15) is 19.3 Å². The van der Waals surface area contributed by atoms with Gasteiger partial charge in [-0.05, 0) is 37.1 Å². The fourth-order valence-corrected chi connectivity index (χ4v) is 3.96. The third-order valence-corrected chi connectivity index (χ3v) is 5.12. The van der Waals surface area contributed by atoms with E-state index >= 15 is 0 Å². The van der Waals surface area contributed by atoms with E-state index in [0.29, 0.717) is 22.8 Å². The van der Waals surface area contributed by atoms with Crippen molar-refractivity contribution < 1.29 is 8.42 Å². The van der Waals surface area contributed by atoms with Gasteiger partial charge in [0.05, 0.1) is 11.5 Å². The second kappa shape index (κ2) is 2.45. The maximum absolute atomic E-state index is 11.1. The Kier molecular flexibility index (Phi) is 1.74. The number of nitrogens with two attached hydrogens (primary N) is 1. The second-order valence-electron chi connectivity index (χ2n) is 4.15. The van der Waals surface area contributed by atoms with Crippen molar-refractivity contribution in [2.75, 3.05) is 18.1 Å². The molecule has 1 atom stereocenters. The van der Waals surface area contributed by atoms with Gasteiger partial charge in [-0.3, -0.25) is 0 Å². The summed E-state index contributed by atoms with van der Waals surface area (Å²) in [6.45, 7) is 0.736. The lowest BCUT2D eigenvalue weighted by atomic mass is 9.96. The van der Waals surface area contributed by atoms with Crippen LogP contribution in [0.4, 0.5) is 0 Å². The third kappa shape index (κ3) is 1.27. The van der Waals surface area contributed by atoms with Crippen LogP contribution in [0.25, 0.3) is 0 Å². The summed E-state index contributed by atoms with van der Waals surface area (Å²) in [5.41, 5.74) is 5.90. The molecule has 2 aliphatic rings. The van der Waals surface area contributed by atoms with Crippen molar-refractivity contribution in [3.8, 4) is 0 Å². The molecule has 3 nitrogen and oxygen atoms in total. The lowest BCUT2D eigenvalue weighted by Crippen LogP contribution is -2.26. The molecule has 4 heteroatoms. The summed E-state index contributed by atoms with van der Waals surface area (Å²) in [7, 11) is -2.69. The van der Waals surface area contributed by atoms with Gasteiger partial charge in [0.15, 0.2) is 0 Å². The van der Waals surface area contributed by atoms with Crippen LogP contribution in [0.15, 0.2) is 0 Å². The molecule has 70 valence electrons. The first-order chi connectivity index (χ1) is 5.58. The highest BCUT2D eigenvalue weighted by molar-refractivity contribution is 7.91. The zero-order chi connectivity index (χ0) is 8.82. The van der Waals surface area contributed by atoms with Gasteiger partial charge in [-0.25, -0.2) is 8.42 Å². The monoisotopic (exact) mass is 189 g/mol. The highest BCUT2D eigenvalue weighted by Crippen LogP contribution is 2.59. The second-order valence-corrected chi connectivity index (χ2v) is 6.45. The van der Waals surface area contributed by atoms with Crippen molar-refractivity contribution in [3.63, 3.8) is 0 Å². The molecule has 1 saturated heterocycles. The molecule has 1 aliphatic heterocycles. The molecule has 1 spiro atoms. The summed E-state index contributed by atoms with van der Waals surface area (Å²) in [5, 5.41) is 0. The van der Waals surface area contributed by atoms with Crippen LogP contribution in [-0.4, -0.2) is 26.5 Å². The van der Waals surface area contributed by atoms with Gasteiger partial charge in [-0.1, -0.05) is 0 Å². The van der Waals surface area contributed by atoms with Gasteiger partial charge < -0.3 is 5.73 Å². The van der Waals surface area contributed by atoms with Crippen LogP contribution in [0, 0.1) is 11.3 Å². The van der Waals surface area contributed by atoms with E-state index in [0.717, 1.165) is 19.4 Å². The minimum Gasteiger partial charge on any atom is -0.330 e.